The summed E-state index contributed by atoms with van der Waals surface area (Å²) in [4.78, 5) is 10.2. The Morgan fingerprint density at radius 2 is 1.86 bits per heavy atom. The van der Waals surface area contributed by atoms with Crippen LogP contribution in [0.15, 0.2) is 53.6 Å². The highest BCUT2D eigenvalue weighted by atomic mass is 35.5. The predicted octanol–water partition coefficient (Wildman–Crippen LogP) is 5.89. The number of hydrogen-bond donors (Lipinski definition) is 0. The van der Waals surface area contributed by atoms with Crippen molar-refractivity contribution in [2.75, 3.05) is 13.4 Å². The highest BCUT2D eigenvalue weighted by molar-refractivity contribution is 7.98. The summed E-state index contributed by atoms with van der Waals surface area (Å²) in [7, 11) is 1.44. The number of aryl methyl sites for hydroxylation is 1. The van der Waals surface area contributed by atoms with E-state index in [1.54, 1.807) is 23.9 Å². The number of aromatic nitrogens is 3. The maximum absolute atomic E-state index is 14.4. The summed E-state index contributed by atoms with van der Waals surface area (Å²) < 4.78 is 21.3. The minimum absolute atomic E-state index is 0.190. The summed E-state index contributed by atoms with van der Waals surface area (Å²) in [6.07, 6.45) is 3.90. The van der Waals surface area contributed by atoms with Gasteiger partial charge in [0.1, 0.15) is 0 Å². The van der Waals surface area contributed by atoms with Gasteiger partial charge >= 0.3 is 0 Å². The molecule has 2 aromatic carbocycles. The van der Waals surface area contributed by atoms with Gasteiger partial charge in [0.15, 0.2) is 11.6 Å². The van der Waals surface area contributed by atoms with E-state index in [0.29, 0.717) is 22.1 Å². The molecule has 0 spiro atoms. The van der Waals surface area contributed by atoms with Gasteiger partial charge < -0.3 is 4.74 Å². The Bertz CT molecular complexity index is 1190. The van der Waals surface area contributed by atoms with Gasteiger partial charge in [-0.2, -0.15) is 0 Å². The number of methoxy groups -OCH3 is 1. The molecule has 0 fully saturated rings. The number of hydrogen-bond acceptors (Lipinski definition) is 4. The van der Waals surface area contributed by atoms with Gasteiger partial charge in [-0.3, -0.25) is 4.40 Å². The standard InChI is InChI=1S/C21H17ClFN3OS/c1-12-8-9-26-20(14-5-7-18(28-3)15(22)10-14)19(25-21(26)24-12)13-4-6-17(27-2)16(23)11-13/h4-11H,1-3H3. The lowest BCUT2D eigenvalue weighted by Gasteiger charge is -2.09. The third-order valence-electron chi connectivity index (χ3n) is 4.48. The van der Waals surface area contributed by atoms with Gasteiger partial charge in [-0.15, -0.1) is 11.8 Å². The van der Waals surface area contributed by atoms with Gasteiger partial charge in [0.2, 0.25) is 5.78 Å². The van der Waals surface area contributed by atoms with Crippen LogP contribution in [-0.4, -0.2) is 27.7 Å². The number of ether oxygens (including phenoxy) is 1. The Hall–Kier alpha value is -2.57. The van der Waals surface area contributed by atoms with E-state index in [1.807, 2.05) is 48.0 Å². The number of rotatable bonds is 4. The van der Waals surface area contributed by atoms with E-state index >= 15 is 0 Å². The van der Waals surface area contributed by atoms with E-state index in [0.717, 1.165) is 21.8 Å². The molecule has 2 aromatic heterocycles. The van der Waals surface area contributed by atoms with Gasteiger partial charge in [0.25, 0.3) is 0 Å². The highest BCUT2D eigenvalue weighted by Crippen LogP contribution is 2.37. The lowest BCUT2D eigenvalue weighted by Crippen LogP contribution is -1.93. The van der Waals surface area contributed by atoms with Gasteiger partial charge in [0.05, 0.1) is 23.5 Å². The van der Waals surface area contributed by atoms with Gasteiger partial charge in [-0.05, 0) is 49.6 Å². The Kier molecular flexibility index (Phi) is 5.00. The predicted molar refractivity (Wildman–Crippen MR) is 112 cm³/mol. The Morgan fingerprint density at radius 3 is 2.54 bits per heavy atom. The molecule has 2 heterocycles. The fourth-order valence-electron chi connectivity index (χ4n) is 3.12. The molecule has 0 saturated heterocycles. The van der Waals surface area contributed by atoms with Crippen molar-refractivity contribution in [2.45, 2.75) is 11.8 Å². The second-order valence-electron chi connectivity index (χ2n) is 6.25. The summed E-state index contributed by atoms with van der Waals surface area (Å²) in [5, 5.41) is 0.659. The van der Waals surface area contributed by atoms with Crippen LogP contribution in [0, 0.1) is 12.7 Å². The van der Waals surface area contributed by atoms with Crippen LogP contribution in [0.25, 0.3) is 28.3 Å². The van der Waals surface area contributed by atoms with Crippen molar-refractivity contribution >= 4 is 29.1 Å². The van der Waals surface area contributed by atoms with E-state index in [1.165, 1.54) is 13.2 Å². The Balaban J connectivity index is 2.00. The van der Waals surface area contributed by atoms with E-state index in [2.05, 4.69) is 9.97 Å². The SMILES string of the molecule is COc1ccc(-c2nc3nc(C)ccn3c2-c2ccc(SC)c(Cl)c2)cc1F. The molecule has 0 aliphatic carbocycles. The topological polar surface area (TPSA) is 39.4 Å². The number of halogens is 2. The molecular formula is C21H17ClFN3OS. The van der Waals surface area contributed by atoms with Crippen LogP contribution >= 0.6 is 23.4 Å². The van der Waals surface area contributed by atoms with Crippen LogP contribution in [0.5, 0.6) is 5.75 Å². The molecule has 7 heteroatoms. The van der Waals surface area contributed by atoms with Gasteiger partial charge in [0, 0.05) is 27.9 Å². The summed E-state index contributed by atoms with van der Waals surface area (Å²) in [5.74, 6) is 0.296. The quantitative estimate of drug-likeness (QED) is 0.391. The molecule has 4 aromatic rings. The molecule has 0 amide bonds. The second kappa shape index (κ2) is 7.45. The first-order chi connectivity index (χ1) is 13.5. The normalized spacial score (nSPS) is 11.2. The molecule has 4 rings (SSSR count). The molecule has 142 valence electrons. The maximum Gasteiger partial charge on any atom is 0.235 e. The Morgan fingerprint density at radius 1 is 1.07 bits per heavy atom. The van der Waals surface area contributed by atoms with Crippen LogP contribution in [0.3, 0.4) is 0 Å². The fourth-order valence-corrected chi connectivity index (χ4v) is 3.99. The molecule has 0 saturated carbocycles. The number of fused-ring (bicyclic) bond motifs is 1. The molecule has 0 N–H and O–H groups in total. The molecule has 4 nitrogen and oxygen atoms in total. The minimum atomic E-state index is -0.442. The van der Waals surface area contributed by atoms with E-state index < -0.39 is 5.82 Å². The number of thioether (sulfide) groups is 1. The molecule has 28 heavy (non-hydrogen) atoms. The molecule has 0 bridgehead atoms. The largest absolute Gasteiger partial charge is 0.494 e. The van der Waals surface area contributed by atoms with E-state index in [4.69, 9.17) is 16.3 Å². The van der Waals surface area contributed by atoms with Crippen molar-refractivity contribution in [3.63, 3.8) is 0 Å². The molecule has 0 radical (unpaired) electrons. The third kappa shape index (κ3) is 3.23. The summed E-state index contributed by atoms with van der Waals surface area (Å²) >= 11 is 8.03. The van der Waals surface area contributed by atoms with Crippen molar-refractivity contribution in [3.05, 3.63) is 65.2 Å². The zero-order chi connectivity index (χ0) is 19.8. The first kappa shape index (κ1) is 18.8. The Labute approximate surface area is 171 Å². The van der Waals surface area contributed by atoms with E-state index in [9.17, 15) is 4.39 Å². The average Bonchev–Trinajstić information content (AvgIpc) is 3.06. The number of nitrogens with zero attached hydrogens (tertiary/aromatic N) is 3. The first-order valence-corrected chi connectivity index (χ1v) is 10.2. The van der Waals surface area contributed by atoms with Crippen LogP contribution < -0.4 is 4.74 Å². The van der Waals surface area contributed by atoms with Crippen molar-refractivity contribution < 1.29 is 9.13 Å². The molecule has 0 atom stereocenters. The molecule has 0 aliphatic heterocycles. The zero-order valence-electron chi connectivity index (χ0n) is 15.5. The van der Waals surface area contributed by atoms with Crippen LogP contribution in [0.2, 0.25) is 5.02 Å². The van der Waals surface area contributed by atoms with Crippen LogP contribution in [0.1, 0.15) is 5.69 Å². The number of imidazole rings is 1. The van der Waals surface area contributed by atoms with E-state index in [-0.39, 0.29) is 5.75 Å². The van der Waals surface area contributed by atoms with Crippen LogP contribution in [0.4, 0.5) is 4.39 Å². The van der Waals surface area contributed by atoms with Crippen LogP contribution in [-0.2, 0) is 0 Å². The fraction of sp³-hybridized carbons (Fsp3) is 0.143. The zero-order valence-corrected chi connectivity index (χ0v) is 17.1. The first-order valence-electron chi connectivity index (χ1n) is 8.55. The average molecular weight is 414 g/mol. The lowest BCUT2D eigenvalue weighted by molar-refractivity contribution is 0.386. The smallest absolute Gasteiger partial charge is 0.235 e. The highest BCUT2D eigenvalue weighted by Gasteiger charge is 2.19. The molecule has 0 aliphatic rings. The maximum atomic E-state index is 14.4. The third-order valence-corrected chi connectivity index (χ3v) is 5.70. The van der Waals surface area contributed by atoms with Crippen molar-refractivity contribution in [3.8, 4) is 28.3 Å². The van der Waals surface area contributed by atoms with Crippen molar-refractivity contribution in [2.24, 2.45) is 0 Å². The van der Waals surface area contributed by atoms with Crippen molar-refractivity contribution in [1.82, 2.24) is 14.4 Å². The second-order valence-corrected chi connectivity index (χ2v) is 7.50. The number of benzene rings is 2. The van der Waals surface area contributed by atoms with Gasteiger partial charge in [-0.25, -0.2) is 14.4 Å². The summed E-state index contributed by atoms with van der Waals surface area (Å²) in [6.45, 7) is 1.91. The van der Waals surface area contributed by atoms with Crippen molar-refractivity contribution in [1.29, 1.82) is 0 Å². The monoisotopic (exact) mass is 413 g/mol. The van der Waals surface area contributed by atoms with Gasteiger partial charge in [-0.1, -0.05) is 17.7 Å². The lowest BCUT2D eigenvalue weighted by atomic mass is 10.0. The minimum Gasteiger partial charge on any atom is -0.494 e. The molecule has 0 unspecified atom stereocenters. The summed E-state index contributed by atoms with van der Waals surface area (Å²) in [5.41, 5.74) is 3.82. The molecular weight excluding hydrogens is 397 g/mol. The summed E-state index contributed by atoms with van der Waals surface area (Å²) in [6, 6.07) is 12.6.